The summed E-state index contributed by atoms with van der Waals surface area (Å²) in [6.07, 6.45) is 4.51. The third-order valence-electron chi connectivity index (χ3n) is 2.11. The molecule has 0 amide bonds. The molecule has 5 nitrogen and oxygen atoms in total. The molecule has 0 unspecified atom stereocenters. The van der Waals surface area contributed by atoms with E-state index in [9.17, 15) is 4.79 Å². The van der Waals surface area contributed by atoms with Crippen LogP contribution in [0.15, 0.2) is 29.3 Å². The van der Waals surface area contributed by atoms with Crippen LogP contribution in [0.1, 0.15) is 16.1 Å². The van der Waals surface area contributed by atoms with Crippen LogP contribution >= 0.6 is 15.9 Å². The van der Waals surface area contributed by atoms with Gasteiger partial charge in [-0.1, -0.05) is 0 Å². The first-order valence-electron chi connectivity index (χ1n) is 4.48. The van der Waals surface area contributed by atoms with Crippen LogP contribution < -0.4 is 0 Å². The van der Waals surface area contributed by atoms with E-state index in [4.69, 9.17) is 5.11 Å². The number of halogens is 1. The summed E-state index contributed by atoms with van der Waals surface area (Å²) in [5.74, 6) is -0.428. The molecular weight excluding hydrogens is 274 g/mol. The van der Waals surface area contributed by atoms with Crippen molar-refractivity contribution in [3.63, 3.8) is 0 Å². The number of imidazole rings is 1. The topological polar surface area (TPSA) is 68.0 Å². The van der Waals surface area contributed by atoms with Crippen LogP contribution in [0.4, 0.5) is 0 Å². The number of nitrogens with zero attached hydrogens (tertiary/aromatic N) is 3. The number of rotatable bonds is 2. The van der Waals surface area contributed by atoms with Crippen molar-refractivity contribution >= 4 is 21.9 Å². The van der Waals surface area contributed by atoms with Gasteiger partial charge in [0.25, 0.3) is 0 Å². The van der Waals surface area contributed by atoms with Crippen LogP contribution in [0, 0.1) is 6.92 Å². The quantitative estimate of drug-likeness (QED) is 0.915. The summed E-state index contributed by atoms with van der Waals surface area (Å²) in [6.45, 7) is 1.93. The zero-order valence-electron chi connectivity index (χ0n) is 8.38. The van der Waals surface area contributed by atoms with E-state index in [1.807, 2.05) is 13.0 Å². The smallest absolute Gasteiger partial charge is 0.356 e. The van der Waals surface area contributed by atoms with E-state index in [1.165, 1.54) is 12.5 Å². The van der Waals surface area contributed by atoms with Crippen molar-refractivity contribution < 1.29 is 9.90 Å². The highest BCUT2D eigenvalue weighted by Gasteiger charge is 2.10. The van der Waals surface area contributed by atoms with Crippen LogP contribution in [0.5, 0.6) is 0 Å². The summed E-state index contributed by atoms with van der Waals surface area (Å²) in [7, 11) is 0. The zero-order valence-corrected chi connectivity index (χ0v) is 9.97. The third kappa shape index (κ3) is 1.83. The lowest BCUT2D eigenvalue weighted by Crippen LogP contribution is -1.98. The van der Waals surface area contributed by atoms with Crippen LogP contribution in [0.3, 0.4) is 0 Å². The Morgan fingerprint density at radius 3 is 2.88 bits per heavy atom. The van der Waals surface area contributed by atoms with Gasteiger partial charge < -0.3 is 5.11 Å². The minimum atomic E-state index is -1.05. The van der Waals surface area contributed by atoms with Crippen LogP contribution in [-0.4, -0.2) is 25.6 Å². The Bertz CT molecular complexity index is 551. The van der Waals surface area contributed by atoms with Crippen molar-refractivity contribution in [2.24, 2.45) is 0 Å². The summed E-state index contributed by atoms with van der Waals surface area (Å²) in [5, 5.41) is 8.76. The standard InChI is InChI=1S/C10H8BrN3O2/c1-6-2-3-12-9(8(6)11)14-4-7(10(15)16)13-5-14/h2-5H,1H3,(H,15,16). The highest BCUT2D eigenvalue weighted by atomic mass is 79.9. The second-order valence-corrected chi connectivity index (χ2v) is 4.03. The highest BCUT2D eigenvalue weighted by Crippen LogP contribution is 2.22. The number of carboxylic acids is 1. The Balaban J connectivity index is 2.50. The summed E-state index contributed by atoms with van der Waals surface area (Å²) < 4.78 is 2.39. The number of aryl methyl sites for hydroxylation is 1. The van der Waals surface area contributed by atoms with Gasteiger partial charge in [0.15, 0.2) is 11.5 Å². The lowest BCUT2D eigenvalue weighted by atomic mass is 10.3. The lowest BCUT2D eigenvalue weighted by molar-refractivity contribution is 0.0691. The molecule has 0 atom stereocenters. The maximum Gasteiger partial charge on any atom is 0.356 e. The molecule has 6 heteroatoms. The Morgan fingerprint density at radius 1 is 1.50 bits per heavy atom. The van der Waals surface area contributed by atoms with Gasteiger partial charge in [-0.2, -0.15) is 0 Å². The number of hydrogen-bond donors (Lipinski definition) is 1. The summed E-state index contributed by atoms with van der Waals surface area (Å²) in [6, 6.07) is 1.86. The molecule has 2 rings (SSSR count). The third-order valence-corrected chi connectivity index (χ3v) is 3.09. The van der Waals surface area contributed by atoms with Crippen molar-refractivity contribution in [2.75, 3.05) is 0 Å². The van der Waals surface area contributed by atoms with Gasteiger partial charge in [-0.15, -0.1) is 0 Å². The van der Waals surface area contributed by atoms with Gasteiger partial charge in [0.1, 0.15) is 6.33 Å². The van der Waals surface area contributed by atoms with Crippen LogP contribution in [0.2, 0.25) is 0 Å². The van der Waals surface area contributed by atoms with Gasteiger partial charge in [0.05, 0.1) is 4.47 Å². The molecule has 0 fully saturated rings. The molecule has 0 radical (unpaired) electrons. The first-order valence-corrected chi connectivity index (χ1v) is 5.27. The molecular formula is C10H8BrN3O2. The van der Waals surface area contributed by atoms with Crippen LogP contribution in [-0.2, 0) is 0 Å². The predicted octanol–water partition coefficient (Wildman–Crippen LogP) is 2.04. The number of aromatic carboxylic acids is 1. The molecule has 0 saturated heterocycles. The molecule has 0 saturated carbocycles. The van der Waals surface area contributed by atoms with E-state index in [-0.39, 0.29) is 5.69 Å². The average molecular weight is 282 g/mol. The molecule has 0 aliphatic rings. The molecule has 0 spiro atoms. The van der Waals surface area contributed by atoms with Crippen molar-refractivity contribution in [1.29, 1.82) is 0 Å². The summed E-state index contributed by atoms with van der Waals surface area (Å²) >= 11 is 3.40. The van der Waals surface area contributed by atoms with Crippen molar-refractivity contribution in [1.82, 2.24) is 14.5 Å². The average Bonchev–Trinajstić information content (AvgIpc) is 2.71. The maximum atomic E-state index is 10.7. The summed E-state index contributed by atoms with van der Waals surface area (Å²) in [4.78, 5) is 18.6. The van der Waals surface area contributed by atoms with Crippen molar-refractivity contribution in [3.05, 3.63) is 40.5 Å². The van der Waals surface area contributed by atoms with Gasteiger partial charge in [-0.05, 0) is 34.5 Å². The Morgan fingerprint density at radius 2 is 2.25 bits per heavy atom. The van der Waals surface area contributed by atoms with E-state index in [2.05, 4.69) is 25.9 Å². The number of carbonyl (C=O) groups is 1. The number of pyridine rings is 1. The molecule has 82 valence electrons. The monoisotopic (exact) mass is 281 g/mol. The number of carboxylic acid groups (broad SMARTS) is 1. The predicted molar refractivity (Wildman–Crippen MR) is 60.8 cm³/mol. The molecule has 16 heavy (non-hydrogen) atoms. The van der Waals surface area contributed by atoms with E-state index >= 15 is 0 Å². The Kier molecular flexibility index (Phi) is 2.74. The fourth-order valence-corrected chi connectivity index (χ4v) is 1.69. The maximum absolute atomic E-state index is 10.7. The molecule has 2 heterocycles. The molecule has 0 aliphatic heterocycles. The SMILES string of the molecule is Cc1ccnc(-n2cnc(C(=O)O)c2)c1Br. The van der Waals surface area contributed by atoms with E-state index in [1.54, 1.807) is 10.8 Å². The van der Waals surface area contributed by atoms with Gasteiger partial charge in [0.2, 0.25) is 0 Å². The lowest BCUT2D eigenvalue weighted by Gasteiger charge is -2.05. The second-order valence-electron chi connectivity index (χ2n) is 3.24. The van der Waals surface area contributed by atoms with Crippen LogP contribution in [0.25, 0.3) is 5.82 Å². The summed E-state index contributed by atoms with van der Waals surface area (Å²) in [5.41, 5.74) is 1.02. The first-order chi connectivity index (χ1) is 7.59. The van der Waals surface area contributed by atoms with E-state index < -0.39 is 5.97 Å². The van der Waals surface area contributed by atoms with Gasteiger partial charge in [-0.25, -0.2) is 14.8 Å². The van der Waals surface area contributed by atoms with E-state index in [0.717, 1.165) is 10.0 Å². The van der Waals surface area contributed by atoms with E-state index in [0.29, 0.717) is 5.82 Å². The van der Waals surface area contributed by atoms with Gasteiger partial charge in [-0.3, -0.25) is 4.57 Å². The molecule has 2 aromatic heterocycles. The Labute approximate surface area is 99.9 Å². The van der Waals surface area contributed by atoms with Gasteiger partial charge in [0, 0.05) is 12.4 Å². The fourth-order valence-electron chi connectivity index (χ4n) is 1.25. The van der Waals surface area contributed by atoms with Crippen molar-refractivity contribution in [2.45, 2.75) is 6.92 Å². The minimum Gasteiger partial charge on any atom is -0.476 e. The molecule has 1 N–H and O–H groups in total. The minimum absolute atomic E-state index is 0.00444. The normalized spacial score (nSPS) is 10.4. The number of hydrogen-bond acceptors (Lipinski definition) is 3. The largest absolute Gasteiger partial charge is 0.476 e. The molecule has 2 aromatic rings. The Hall–Kier alpha value is -1.69. The fraction of sp³-hybridized carbons (Fsp3) is 0.100. The molecule has 0 aliphatic carbocycles. The molecule has 0 bridgehead atoms. The van der Waals surface area contributed by atoms with Crippen molar-refractivity contribution in [3.8, 4) is 5.82 Å². The zero-order chi connectivity index (χ0) is 11.7. The van der Waals surface area contributed by atoms with Gasteiger partial charge >= 0.3 is 5.97 Å². The number of aromatic nitrogens is 3. The first kappa shape index (κ1) is 10.8. The molecule has 0 aromatic carbocycles. The highest BCUT2D eigenvalue weighted by molar-refractivity contribution is 9.10. The second kappa shape index (κ2) is 4.05.